The number of nitrogens with one attached hydrogen (secondary N) is 1. The van der Waals surface area contributed by atoms with Crippen molar-refractivity contribution in [2.45, 2.75) is 12.3 Å². The van der Waals surface area contributed by atoms with E-state index >= 15 is 0 Å². The third-order valence-electron chi connectivity index (χ3n) is 5.23. The molecule has 0 atom stereocenters. The van der Waals surface area contributed by atoms with Crippen molar-refractivity contribution < 1.29 is 19.4 Å². The number of aromatic carboxylic acids is 1. The van der Waals surface area contributed by atoms with Crippen molar-refractivity contribution in [2.75, 3.05) is 13.2 Å². The molecule has 0 saturated carbocycles. The fourth-order valence-electron chi connectivity index (χ4n) is 3.77. The zero-order valence-electron chi connectivity index (χ0n) is 15.8. The molecule has 1 aliphatic rings. The molecule has 29 heavy (non-hydrogen) atoms. The molecule has 0 fully saturated rings. The standard InChI is InChI=1S/C24H21NO4/c26-23(27)17-11-9-16(10-12-17)13-14-25-24(28)29-15-22-20-7-3-1-5-18(20)19-6-2-4-8-21(19)22/h1-12,22H,13-15H2,(H,25,28)(H,26,27). The first-order valence-corrected chi connectivity index (χ1v) is 9.54. The Morgan fingerprint density at radius 2 is 1.45 bits per heavy atom. The Balaban J connectivity index is 1.31. The summed E-state index contributed by atoms with van der Waals surface area (Å²) in [5.41, 5.74) is 5.95. The number of alkyl carbamates (subject to hydrolysis) is 1. The van der Waals surface area contributed by atoms with Gasteiger partial charge in [0.15, 0.2) is 0 Å². The maximum absolute atomic E-state index is 12.1. The van der Waals surface area contributed by atoms with Crippen LogP contribution in [0.5, 0.6) is 0 Å². The zero-order valence-corrected chi connectivity index (χ0v) is 15.8. The quantitative estimate of drug-likeness (QED) is 0.655. The number of carbonyl (C=O) groups is 2. The van der Waals surface area contributed by atoms with Gasteiger partial charge in [-0.25, -0.2) is 9.59 Å². The van der Waals surface area contributed by atoms with E-state index in [4.69, 9.17) is 9.84 Å². The van der Waals surface area contributed by atoms with Crippen LogP contribution in [0.2, 0.25) is 0 Å². The van der Waals surface area contributed by atoms with Crippen LogP contribution in [0.3, 0.4) is 0 Å². The van der Waals surface area contributed by atoms with E-state index in [1.165, 1.54) is 22.3 Å². The molecule has 3 aromatic rings. The highest BCUT2D eigenvalue weighted by Crippen LogP contribution is 2.44. The number of fused-ring (bicyclic) bond motifs is 3. The van der Waals surface area contributed by atoms with Gasteiger partial charge in [0.05, 0.1) is 5.56 Å². The molecule has 0 unspecified atom stereocenters. The SMILES string of the molecule is O=C(NCCc1ccc(C(=O)O)cc1)OCC1c2ccccc2-c2ccccc21. The van der Waals surface area contributed by atoms with Crippen LogP contribution < -0.4 is 5.32 Å². The van der Waals surface area contributed by atoms with Crippen LogP contribution in [0.25, 0.3) is 11.1 Å². The summed E-state index contributed by atoms with van der Waals surface area (Å²) >= 11 is 0. The van der Waals surface area contributed by atoms with E-state index in [2.05, 4.69) is 29.6 Å². The van der Waals surface area contributed by atoms with Crippen molar-refractivity contribution in [3.63, 3.8) is 0 Å². The molecule has 5 nitrogen and oxygen atoms in total. The van der Waals surface area contributed by atoms with Gasteiger partial charge in [0.25, 0.3) is 0 Å². The Kier molecular flexibility index (Phi) is 5.29. The molecule has 0 radical (unpaired) electrons. The van der Waals surface area contributed by atoms with E-state index < -0.39 is 12.1 Å². The number of rotatable bonds is 6. The second kappa shape index (κ2) is 8.19. The number of carbonyl (C=O) groups excluding carboxylic acids is 1. The summed E-state index contributed by atoms with van der Waals surface area (Å²) in [5, 5.41) is 11.7. The van der Waals surface area contributed by atoms with Crippen molar-refractivity contribution >= 4 is 12.1 Å². The first-order chi connectivity index (χ1) is 14.1. The molecule has 0 saturated heterocycles. The van der Waals surface area contributed by atoms with Crippen LogP contribution >= 0.6 is 0 Å². The van der Waals surface area contributed by atoms with Gasteiger partial charge < -0.3 is 15.2 Å². The van der Waals surface area contributed by atoms with Crippen LogP contribution in [0.1, 0.15) is 33.0 Å². The van der Waals surface area contributed by atoms with Crippen molar-refractivity contribution in [3.05, 3.63) is 95.1 Å². The van der Waals surface area contributed by atoms with Crippen molar-refractivity contribution in [1.29, 1.82) is 0 Å². The van der Waals surface area contributed by atoms with Crippen molar-refractivity contribution in [2.24, 2.45) is 0 Å². The highest BCUT2D eigenvalue weighted by Gasteiger charge is 2.28. The van der Waals surface area contributed by atoms with E-state index in [9.17, 15) is 9.59 Å². The van der Waals surface area contributed by atoms with E-state index in [1.54, 1.807) is 24.3 Å². The first-order valence-electron chi connectivity index (χ1n) is 9.54. The highest BCUT2D eigenvalue weighted by molar-refractivity contribution is 5.87. The molecule has 1 aliphatic carbocycles. The van der Waals surface area contributed by atoms with E-state index in [1.807, 2.05) is 24.3 Å². The van der Waals surface area contributed by atoms with Gasteiger partial charge in [-0.3, -0.25) is 0 Å². The predicted molar refractivity (Wildman–Crippen MR) is 110 cm³/mol. The number of amides is 1. The predicted octanol–water partition coefficient (Wildman–Crippen LogP) is 4.47. The van der Waals surface area contributed by atoms with Crippen LogP contribution in [0, 0.1) is 0 Å². The van der Waals surface area contributed by atoms with E-state index in [0.717, 1.165) is 5.56 Å². The van der Waals surface area contributed by atoms with E-state index in [-0.39, 0.29) is 18.1 Å². The third kappa shape index (κ3) is 3.99. The monoisotopic (exact) mass is 387 g/mol. The summed E-state index contributed by atoms with van der Waals surface area (Å²) in [5.74, 6) is -0.912. The lowest BCUT2D eigenvalue weighted by Crippen LogP contribution is -2.28. The molecular weight excluding hydrogens is 366 g/mol. The lowest BCUT2D eigenvalue weighted by Gasteiger charge is -2.14. The topological polar surface area (TPSA) is 75.6 Å². The van der Waals surface area contributed by atoms with Gasteiger partial charge in [-0.15, -0.1) is 0 Å². The van der Waals surface area contributed by atoms with Crippen LogP contribution in [0.15, 0.2) is 72.8 Å². The van der Waals surface area contributed by atoms with Crippen LogP contribution in [-0.2, 0) is 11.2 Å². The van der Waals surface area contributed by atoms with Gasteiger partial charge in [0, 0.05) is 12.5 Å². The molecule has 4 rings (SSSR count). The maximum atomic E-state index is 12.1. The molecule has 3 aromatic carbocycles. The van der Waals surface area contributed by atoms with Crippen LogP contribution in [0.4, 0.5) is 4.79 Å². The molecule has 1 amide bonds. The molecule has 2 N–H and O–H groups in total. The number of carboxylic acid groups (broad SMARTS) is 1. The third-order valence-corrected chi connectivity index (χ3v) is 5.23. The van der Waals surface area contributed by atoms with E-state index in [0.29, 0.717) is 13.0 Å². The van der Waals surface area contributed by atoms with Gasteiger partial charge in [-0.1, -0.05) is 60.7 Å². The zero-order chi connectivity index (χ0) is 20.2. The summed E-state index contributed by atoms with van der Waals surface area (Å²) < 4.78 is 5.50. The normalized spacial score (nSPS) is 12.1. The fourth-order valence-corrected chi connectivity index (χ4v) is 3.77. The van der Waals surface area contributed by atoms with Crippen molar-refractivity contribution in [1.82, 2.24) is 5.32 Å². The molecule has 146 valence electrons. The van der Waals surface area contributed by atoms with Gasteiger partial charge in [0.2, 0.25) is 0 Å². The summed E-state index contributed by atoms with van der Waals surface area (Å²) in [7, 11) is 0. The summed E-state index contributed by atoms with van der Waals surface area (Å²) in [6.07, 6.45) is 0.151. The van der Waals surface area contributed by atoms with Gasteiger partial charge in [-0.2, -0.15) is 0 Å². The lowest BCUT2D eigenvalue weighted by molar-refractivity contribution is 0.0697. The number of carboxylic acids is 1. The average Bonchev–Trinajstić information content (AvgIpc) is 3.06. The molecule has 0 bridgehead atoms. The number of ether oxygens (including phenoxy) is 1. The molecule has 5 heteroatoms. The minimum Gasteiger partial charge on any atom is -0.478 e. The molecular formula is C24H21NO4. The fraction of sp³-hybridized carbons (Fsp3) is 0.167. The minimum absolute atomic E-state index is 0.0386. The molecule has 0 aliphatic heterocycles. The second-order valence-corrected chi connectivity index (χ2v) is 7.00. The maximum Gasteiger partial charge on any atom is 0.407 e. The summed E-state index contributed by atoms with van der Waals surface area (Å²) in [6.45, 7) is 0.705. The largest absolute Gasteiger partial charge is 0.478 e. The number of benzene rings is 3. The highest BCUT2D eigenvalue weighted by atomic mass is 16.5. The summed E-state index contributed by atoms with van der Waals surface area (Å²) in [6, 6.07) is 23.1. The summed E-state index contributed by atoms with van der Waals surface area (Å²) in [4.78, 5) is 23.0. The Hall–Kier alpha value is -3.60. The Morgan fingerprint density at radius 3 is 2.03 bits per heavy atom. The molecule has 0 spiro atoms. The van der Waals surface area contributed by atoms with Crippen LogP contribution in [-0.4, -0.2) is 30.3 Å². The number of hydrogen-bond donors (Lipinski definition) is 2. The second-order valence-electron chi connectivity index (χ2n) is 7.00. The van der Waals surface area contributed by atoms with Gasteiger partial charge >= 0.3 is 12.1 Å². The van der Waals surface area contributed by atoms with Gasteiger partial charge in [0.1, 0.15) is 6.61 Å². The minimum atomic E-state index is -0.951. The Morgan fingerprint density at radius 1 is 0.862 bits per heavy atom. The molecule has 0 aromatic heterocycles. The van der Waals surface area contributed by atoms with Crippen molar-refractivity contribution in [3.8, 4) is 11.1 Å². The number of hydrogen-bond acceptors (Lipinski definition) is 3. The Bertz CT molecular complexity index is 997. The average molecular weight is 387 g/mol. The first kappa shape index (κ1) is 18.7. The van der Waals surface area contributed by atoms with Gasteiger partial charge in [-0.05, 0) is 46.4 Å². The smallest absolute Gasteiger partial charge is 0.407 e. The molecule has 0 heterocycles. The Labute approximate surface area is 169 Å². The lowest BCUT2D eigenvalue weighted by atomic mass is 9.98.